The first-order valence-corrected chi connectivity index (χ1v) is 11.1. The van der Waals surface area contributed by atoms with Crippen molar-refractivity contribution in [3.63, 3.8) is 0 Å². The summed E-state index contributed by atoms with van der Waals surface area (Å²) in [5.41, 5.74) is 0.753. The largest absolute Gasteiger partial charge is 0.492 e. The molecule has 1 saturated heterocycles. The fourth-order valence-corrected chi connectivity index (χ4v) is 4.36. The predicted molar refractivity (Wildman–Crippen MR) is 109 cm³/mol. The zero-order chi connectivity index (χ0) is 21.7. The number of ether oxygens (including phenoxy) is 3. The average Bonchev–Trinajstić information content (AvgIpc) is 2.70. The van der Waals surface area contributed by atoms with Crippen LogP contribution in [0.25, 0.3) is 0 Å². The maximum atomic E-state index is 14.1. The van der Waals surface area contributed by atoms with Crippen molar-refractivity contribution >= 4 is 21.4 Å². The minimum atomic E-state index is -4.55. The molecule has 0 saturated carbocycles. The van der Waals surface area contributed by atoms with Crippen molar-refractivity contribution in [2.75, 3.05) is 49.1 Å². The summed E-state index contributed by atoms with van der Waals surface area (Å²) >= 11 is 0. The minimum Gasteiger partial charge on any atom is -0.492 e. The van der Waals surface area contributed by atoms with Crippen molar-refractivity contribution in [3.05, 3.63) is 42.0 Å². The molecule has 3 rings (SSSR count). The van der Waals surface area contributed by atoms with E-state index in [1.165, 1.54) is 6.07 Å². The third-order valence-electron chi connectivity index (χ3n) is 4.44. The fourth-order valence-electron chi connectivity index (χ4n) is 3.16. The number of benzene rings is 2. The number of rotatable bonds is 8. The van der Waals surface area contributed by atoms with Crippen LogP contribution < -0.4 is 19.1 Å². The van der Waals surface area contributed by atoms with Gasteiger partial charge in [-0.05, 0) is 26.0 Å². The molecule has 0 amide bonds. The number of sulfonamides is 1. The first-order valence-electron chi connectivity index (χ1n) is 9.60. The van der Waals surface area contributed by atoms with E-state index < -0.39 is 26.6 Å². The SMILES string of the molecule is CCOc1cc(N2CCOCC2)c(OCC)cc1NS(=O)(=O)c1c(F)cccc1F. The highest BCUT2D eigenvalue weighted by atomic mass is 32.2. The van der Waals surface area contributed by atoms with Crippen LogP contribution in [0.5, 0.6) is 11.5 Å². The third-order valence-corrected chi connectivity index (χ3v) is 5.86. The lowest BCUT2D eigenvalue weighted by Crippen LogP contribution is -2.36. The van der Waals surface area contributed by atoms with Gasteiger partial charge in [-0.15, -0.1) is 0 Å². The van der Waals surface area contributed by atoms with Gasteiger partial charge >= 0.3 is 0 Å². The Labute approximate surface area is 174 Å². The molecule has 2 aromatic rings. The highest BCUT2D eigenvalue weighted by Crippen LogP contribution is 2.40. The quantitative estimate of drug-likeness (QED) is 0.675. The molecule has 0 radical (unpaired) electrons. The zero-order valence-corrected chi connectivity index (χ0v) is 17.6. The molecule has 0 bridgehead atoms. The zero-order valence-electron chi connectivity index (χ0n) is 16.8. The number of nitrogens with one attached hydrogen (secondary N) is 1. The van der Waals surface area contributed by atoms with Crippen LogP contribution in [0.2, 0.25) is 0 Å². The topological polar surface area (TPSA) is 77.1 Å². The summed E-state index contributed by atoms with van der Waals surface area (Å²) in [5.74, 6) is -1.72. The Morgan fingerprint density at radius 1 is 1.03 bits per heavy atom. The molecular formula is C20H24F2N2O5S. The Bertz CT molecular complexity index is 975. The summed E-state index contributed by atoms with van der Waals surface area (Å²) in [5, 5.41) is 0. The third kappa shape index (κ3) is 4.76. The number of morpholine rings is 1. The summed E-state index contributed by atoms with van der Waals surface area (Å²) in [6.45, 7) is 6.54. The number of nitrogens with zero attached hydrogens (tertiary/aromatic N) is 1. The van der Waals surface area contributed by atoms with Crippen LogP contribution in [0.15, 0.2) is 35.2 Å². The van der Waals surface area contributed by atoms with E-state index in [1.807, 2.05) is 4.90 Å². The summed E-state index contributed by atoms with van der Waals surface area (Å²) in [6, 6.07) is 5.99. The first kappa shape index (κ1) is 22.1. The van der Waals surface area contributed by atoms with Crippen LogP contribution in [0.4, 0.5) is 20.2 Å². The van der Waals surface area contributed by atoms with E-state index in [-0.39, 0.29) is 18.0 Å². The Kier molecular flexibility index (Phi) is 6.99. The Morgan fingerprint density at radius 2 is 1.63 bits per heavy atom. The Balaban J connectivity index is 2.05. The molecule has 10 heteroatoms. The first-order chi connectivity index (χ1) is 14.4. The van der Waals surface area contributed by atoms with Gasteiger partial charge in [-0.25, -0.2) is 17.2 Å². The van der Waals surface area contributed by atoms with E-state index in [1.54, 1.807) is 19.9 Å². The molecule has 1 N–H and O–H groups in total. The number of anilines is 2. The van der Waals surface area contributed by atoms with E-state index in [4.69, 9.17) is 14.2 Å². The highest BCUT2D eigenvalue weighted by molar-refractivity contribution is 7.92. The Hall–Kier alpha value is -2.59. The van der Waals surface area contributed by atoms with Crippen LogP contribution in [-0.2, 0) is 14.8 Å². The maximum Gasteiger partial charge on any atom is 0.267 e. The van der Waals surface area contributed by atoms with Crippen molar-refractivity contribution in [2.24, 2.45) is 0 Å². The van der Waals surface area contributed by atoms with Crippen molar-refractivity contribution in [3.8, 4) is 11.5 Å². The molecular weight excluding hydrogens is 418 g/mol. The Morgan fingerprint density at radius 3 is 2.23 bits per heavy atom. The van der Waals surface area contributed by atoms with Crippen LogP contribution >= 0.6 is 0 Å². The highest BCUT2D eigenvalue weighted by Gasteiger charge is 2.27. The van der Waals surface area contributed by atoms with Crippen LogP contribution in [0.1, 0.15) is 13.8 Å². The van der Waals surface area contributed by atoms with E-state index in [0.29, 0.717) is 38.7 Å². The second kappa shape index (κ2) is 9.48. The molecule has 7 nitrogen and oxygen atoms in total. The van der Waals surface area contributed by atoms with E-state index in [2.05, 4.69) is 4.72 Å². The molecule has 1 fully saturated rings. The van der Waals surface area contributed by atoms with E-state index in [9.17, 15) is 17.2 Å². The lowest BCUT2D eigenvalue weighted by atomic mass is 10.2. The lowest BCUT2D eigenvalue weighted by molar-refractivity contribution is 0.122. The second-order valence-corrected chi connectivity index (χ2v) is 8.06. The van der Waals surface area contributed by atoms with Crippen LogP contribution in [0.3, 0.4) is 0 Å². The molecule has 0 atom stereocenters. The molecule has 1 aliphatic heterocycles. The molecule has 0 spiro atoms. The lowest BCUT2D eigenvalue weighted by Gasteiger charge is -2.31. The van der Waals surface area contributed by atoms with Crippen molar-refractivity contribution < 1.29 is 31.4 Å². The molecule has 30 heavy (non-hydrogen) atoms. The summed E-state index contributed by atoms with van der Waals surface area (Å²) in [7, 11) is -4.55. The molecule has 164 valence electrons. The maximum absolute atomic E-state index is 14.1. The van der Waals surface area contributed by atoms with Crippen molar-refractivity contribution in [2.45, 2.75) is 18.7 Å². The van der Waals surface area contributed by atoms with Gasteiger partial charge in [0.15, 0.2) is 4.90 Å². The summed E-state index contributed by atoms with van der Waals surface area (Å²) < 4.78 is 72.6. The van der Waals surface area contributed by atoms with Gasteiger partial charge < -0.3 is 19.1 Å². The van der Waals surface area contributed by atoms with Gasteiger partial charge in [0, 0.05) is 25.2 Å². The molecule has 2 aromatic carbocycles. The van der Waals surface area contributed by atoms with E-state index >= 15 is 0 Å². The summed E-state index contributed by atoms with van der Waals surface area (Å²) in [4.78, 5) is 0.994. The van der Waals surface area contributed by atoms with Gasteiger partial charge in [-0.3, -0.25) is 4.72 Å². The van der Waals surface area contributed by atoms with Gasteiger partial charge in [0.1, 0.15) is 23.1 Å². The number of hydrogen-bond donors (Lipinski definition) is 1. The van der Waals surface area contributed by atoms with Crippen LogP contribution in [0, 0.1) is 11.6 Å². The second-order valence-electron chi connectivity index (χ2n) is 6.44. The van der Waals surface area contributed by atoms with Gasteiger partial charge in [0.2, 0.25) is 0 Å². The molecule has 1 heterocycles. The average molecular weight is 442 g/mol. The summed E-state index contributed by atoms with van der Waals surface area (Å²) in [6.07, 6.45) is 0. The normalized spacial score (nSPS) is 14.5. The monoisotopic (exact) mass is 442 g/mol. The molecule has 0 aliphatic carbocycles. The van der Waals surface area contributed by atoms with Crippen LogP contribution in [-0.4, -0.2) is 47.9 Å². The molecule has 0 unspecified atom stereocenters. The molecule has 1 aliphatic rings. The van der Waals surface area contributed by atoms with Gasteiger partial charge in [0.05, 0.1) is 37.8 Å². The smallest absolute Gasteiger partial charge is 0.267 e. The van der Waals surface area contributed by atoms with E-state index in [0.717, 1.165) is 23.9 Å². The van der Waals surface area contributed by atoms with Crippen molar-refractivity contribution in [1.82, 2.24) is 0 Å². The van der Waals surface area contributed by atoms with Crippen molar-refractivity contribution in [1.29, 1.82) is 0 Å². The fraction of sp³-hybridized carbons (Fsp3) is 0.400. The predicted octanol–water partition coefficient (Wildman–Crippen LogP) is 3.40. The van der Waals surface area contributed by atoms with Gasteiger partial charge in [-0.1, -0.05) is 6.07 Å². The molecule has 0 aromatic heterocycles. The minimum absolute atomic E-state index is 0.0277. The van der Waals surface area contributed by atoms with Gasteiger partial charge in [0.25, 0.3) is 10.0 Å². The number of hydrogen-bond acceptors (Lipinski definition) is 6. The van der Waals surface area contributed by atoms with Gasteiger partial charge in [-0.2, -0.15) is 0 Å². The number of halogens is 2. The standard InChI is InChI=1S/C20H24F2N2O5S/c1-3-28-18-13-17(24-8-10-27-11-9-24)19(29-4-2)12-16(18)23-30(25,26)20-14(21)6-5-7-15(20)22/h5-7,12-13,23H,3-4,8-11H2,1-2H3.